The van der Waals surface area contributed by atoms with E-state index in [1.165, 1.54) is 0 Å². The van der Waals surface area contributed by atoms with Crippen LogP contribution >= 0.6 is 15.9 Å². The summed E-state index contributed by atoms with van der Waals surface area (Å²) < 4.78 is 1.02. The Morgan fingerprint density at radius 2 is 2.05 bits per heavy atom. The molecule has 1 saturated heterocycles. The summed E-state index contributed by atoms with van der Waals surface area (Å²) in [7, 11) is 0. The van der Waals surface area contributed by atoms with Gasteiger partial charge in [0.05, 0.1) is 5.92 Å². The van der Waals surface area contributed by atoms with Crippen molar-refractivity contribution in [1.29, 1.82) is 0 Å². The molecule has 1 heterocycles. The van der Waals surface area contributed by atoms with Gasteiger partial charge in [-0.1, -0.05) is 28.1 Å². The van der Waals surface area contributed by atoms with Crippen molar-refractivity contribution in [3.05, 3.63) is 34.3 Å². The van der Waals surface area contributed by atoms with Gasteiger partial charge in [0.2, 0.25) is 5.91 Å². The van der Waals surface area contributed by atoms with E-state index in [0.29, 0.717) is 25.9 Å². The molecule has 0 spiro atoms. The highest BCUT2D eigenvalue weighted by atomic mass is 79.9. The molecule has 1 N–H and O–H groups in total. The van der Waals surface area contributed by atoms with Gasteiger partial charge in [0.1, 0.15) is 0 Å². The number of carbonyl (C=O) groups is 2. The average Bonchev–Trinajstić information content (AvgIpc) is 2.39. The topological polar surface area (TPSA) is 57.6 Å². The molecule has 4 nitrogen and oxygen atoms in total. The monoisotopic (exact) mass is 325 g/mol. The molecule has 1 unspecified atom stereocenters. The number of amides is 1. The Balaban J connectivity index is 1.92. The van der Waals surface area contributed by atoms with Crippen molar-refractivity contribution in [2.75, 3.05) is 13.1 Å². The van der Waals surface area contributed by atoms with Gasteiger partial charge in [-0.25, -0.2) is 0 Å². The molecule has 0 aromatic heterocycles. The first-order chi connectivity index (χ1) is 9.06. The number of halogens is 1. The molecule has 1 amide bonds. The molecule has 1 aliphatic rings. The second kappa shape index (κ2) is 6.19. The number of piperidine rings is 1. The SMILES string of the molecule is O=C(O)C1CCC(=O)N(CCc2ccc(Br)cc2)C1. The van der Waals surface area contributed by atoms with Crippen molar-refractivity contribution in [2.24, 2.45) is 5.92 Å². The minimum Gasteiger partial charge on any atom is -0.481 e. The fourth-order valence-corrected chi connectivity index (χ4v) is 2.51. The van der Waals surface area contributed by atoms with Gasteiger partial charge in [-0.3, -0.25) is 9.59 Å². The number of hydrogen-bond donors (Lipinski definition) is 1. The van der Waals surface area contributed by atoms with E-state index in [2.05, 4.69) is 15.9 Å². The first kappa shape index (κ1) is 14.1. The van der Waals surface area contributed by atoms with Crippen molar-refractivity contribution in [3.63, 3.8) is 0 Å². The first-order valence-electron chi connectivity index (χ1n) is 6.31. The van der Waals surface area contributed by atoms with Crippen molar-refractivity contribution < 1.29 is 14.7 Å². The maximum atomic E-state index is 11.8. The zero-order valence-electron chi connectivity index (χ0n) is 10.5. The molecule has 0 bridgehead atoms. The molecule has 2 rings (SSSR count). The van der Waals surface area contributed by atoms with Gasteiger partial charge >= 0.3 is 5.97 Å². The van der Waals surface area contributed by atoms with E-state index in [1.54, 1.807) is 4.90 Å². The third-order valence-electron chi connectivity index (χ3n) is 3.43. The number of carbonyl (C=O) groups excluding carboxylic acids is 1. The molecule has 1 aliphatic heterocycles. The molecule has 102 valence electrons. The van der Waals surface area contributed by atoms with Crippen LogP contribution in [0.25, 0.3) is 0 Å². The van der Waals surface area contributed by atoms with E-state index in [9.17, 15) is 9.59 Å². The summed E-state index contributed by atoms with van der Waals surface area (Å²) in [4.78, 5) is 24.4. The van der Waals surface area contributed by atoms with Crippen LogP contribution in [-0.2, 0) is 16.0 Å². The number of likely N-dealkylation sites (tertiary alicyclic amines) is 1. The van der Waals surface area contributed by atoms with Crippen LogP contribution in [0.2, 0.25) is 0 Å². The maximum Gasteiger partial charge on any atom is 0.308 e. The molecule has 1 fully saturated rings. The molecule has 5 heteroatoms. The second-order valence-corrected chi connectivity index (χ2v) is 5.71. The third kappa shape index (κ3) is 3.80. The molecule has 0 aliphatic carbocycles. The number of hydrogen-bond acceptors (Lipinski definition) is 2. The molecular weight excluding hydrogens is 310 g/mol. The maximum absolute atomic E-state index is 11.8. The van der Waals surface area contributed by atoms with Crippen molar-refractivity contribution in [1.82, 2.24) is 4.90 Å². The Labute approximate surface area is 120 Å². The predicted molar refractivity (Wildman–Crippen MR) is 74.8 cm³/mol. The summed E-state index contributed by atoms with van der Waals surface area (Å²) in [5.41, 5.74) is 1.15. The minimum absolute atomic E-state index is 0.0645. The fourth-order valence-electron chi connectivity index (χ4n) is 2.25. The Morgan fingerprint density at radius 1 is 1.37 bits per heavy atom. The number of aliphatic carboxylic acids is 1. The lowest BCUT2D eigenvalue weighted by Crippen LogP contribution is -2.43. The molecule has 1 aromatic carbocycles. The van der Waals surface area contributed by atoms with Crippen molar-refractivity contribution in [3.8, 4) is 0 Å². The minimum atomic E-state index is -0.804. The van der Waals surface area contributed by atoms with E-state index in [-0.39, 0.29) is 5.91 Å². The Morgan fingerprint density at radius 3 is 2.68 bits per heavy atom. The van der Waals surface area contributed by atoms with Gasteiger partial charge in [-0.2, -0.15) is 0 Å². The van der Waals surface area contributed by atoms with Crippen LogP contribution in [0.15, 0.2) is 28.7 Å². The van der Waals surface area contributed by atoms with Gasteiger partial charge in [0.25, 0.3) is 0 Å². The van der Waals surface area contributed by atoms with E-state index >= 15 is 0 Å². The van der Waals surface area contributed by atoms with Crippen LogP contribution in [0.3, 0.4) is 0 Å². The number of carboxylic acid groups (broad SMARTS) is 1. The van der Waals surface area contributed by atoms with Crippen LogP contribution < -0.4 is 0 Å². The molecule has 1 aromatic rings. The van der Waals surface area contributed by atoms with E-state index in [0.717, 1.165) is 16.5 Å². The summed E-state index contributed by atoms with van der Waals surface area (Å²) in [5.74, 6) is -1.15. The predicted octanol–water partition coefficient (Wildman–Crippen LogP) is 2.31. The van der Waals surface area contributed by atoms with Crippen molar-refractivity contribution >= 4 is 27.8 Å². The van der Waals surface area contributed by atoms with Gasteiger partial charge in [0.15, 0.2) is 0 Å². The number of benzene rings is 1. The van der Waals surface area contributed by atoms with Gasteiger partial charge < -0.3 is 10.0 Å². The van der Waals surface area contributed by atoms with E-state index in [4.69, 9.17) is 5.11 Å². The average molecular weight is 326 g/mol. The summed E-state index contributed by atoms with van der Waals surface area (Å²) in [6.07, 6.45) is 1.56. The van der Waals surface area contributed by atoms with Crippen LogP contribution in [0.4, 0.5) is 0 Å². The van der Waals surface area contributed by atoms with E-state index < -0.39 is 11.9 Å². The van der Waals surface area contributed by atoms with Crippen molar-refractivity contribution in [2.45, 2.75) is 19.3 Å². The lowest BCUT2D eigenvalue weighted by molar-refractivity contribution is -0.147. The van der Waals surface area contributed by atoms with Crippen LogP contribution in [-0.4, -0.2) is 35.0 Å². The standard InChI is InChI=1S/C14H16BrNO3/c15-12-4-1-10(2-5-12)7-8-16-9-11(14(18)19)3-6-13(16)17/h1-2,4-5,11H,3,6-9H2,(H,18,19). The quantitative estimate of drug-likeness (QED) is 0.924. The number of nitrogens with zero attached hydrogens (tertiary/aromatic N) is 1. The number of rotatable bonds is 4. The van der Waals surface area contributed by atoms with Gasteiger partial charge in [-0.15, -0.1) is 0 Å². The van der Waals surface area contributed by atoms with Crippen LogP contribution in [0, 0.1) is 5.92 Å². The smallest absolute Gasteiger partial charge is 0.308 e. The lowest BCUT2D eigenvalue weighted by atomic mass is 9.97. The summed E-state index contributed by atoms with van der Waals surface area (Å²) in [5, 5.41) is 9.01. The molecule has 0 saturated carbocycles. The zero-order valence-corrected chi connectivity index (χ0v) is 12.1. The molecular formula is C14H16BrNO3. The summed E-state index contributed by atoms with van der Waals surface area (Å²) >= 11 is 3.38. The summed E-state index contributed by atoms with van der Waals surface area (Å²) in [6.45, 7) is 0.926. The first-order valence-corrected chi connectivity index (χ1v) is 7.10. The highest BCUT2D eigenvalue weighted by molar-refractivity contribution is 9.10. The van der Waals surface area contributed by atoms with Crippen LogP contribution in [0.5, 0.6) is 0 Å². The Hall–Kier alpha value is -1.36. The second-order valence-electron chi connectivity index (χ2n) is 4.79. The number of carboxylic acids is 1. The largest absolute Gasteiger partial charge is 0.481 e. The van der Waals surface area contributed by atoms with Gasteiger partial charge in [0, 0.05) is 24.0 Å². The normalized spacial score (nSPS) is 19.5. The summed E-state index contributed by atoms with van der Waals surface area (Å²) in [6, 6.07) is 7.95. The molecule has 19 heavy (non-hydrogen) atoms. The highest BCUT2D eigenvalue weighted by Crippen LogP contribution is 2.18. The molecule has 0 radical (unpaired) electrons. The Bertz CT molecular complexity index is 472. The van der Waals surface area contributed by atoms with Gasteiger partial charge in [-0.05, 0) is 30.5 Å². The van der Waals surface area contributed by atoms with E-state index in [1.807, 2.05) is 24.3 Å². The third-order valence-corrected chi connectivity index (χ3v) is 3.96. The fraction of sp³-hybridized carbons (Fsp3) is 0.429. The lowest BCUT2D eigenvalue weighted by Gasteiger charge is -2.30. The zero-order chi connectivity index (χ0) is 13.8. The Kier molecular flexibility index (Phi) is 4.58. The molecule has 1 atom stereocenters. The van der Waals surface area contributed by atoms with Crippen LogP contribution in [0.1, 0.15) is 18.4 Å². The highest BCUT2D eigenvalue weighted by Gasteiger charge is 2.29.